The molecule has 1 aromatic carbocycles. The lowest BCUT2D eigenvalue weighted by Crippen LogP contribution is -2.31. The molecular formula is C22H18F2N6. The molecule has 1 aliphatic heterocycles. The van der Waals surface area contributed by atoms with Gasteiger partial charge in [0.2, 0.25) is 0 Å². The molecule has 3 aromatic heterocycles. The molecule has 0 fully saturated rings. The quantitative estimate of drug-likeness (QED) is 0.561. The fourth-order valence-corrected chi connectivity index (χ4v) is 3.77. The number of halogens is 2. The van der Waals surface area contributed by atoms with E-state index in [0.29, 0.717) is 30.2 Å². The Morgan fingerprint density at radius 3 is 2.60 bits per heavy atom. The SMILES string of the molecule is Fc1cc(F)cc(-c2[nH]ncc2CN2CCc3nc(-c4ccncc4)ncc3C2)c1. The molecule has 0 spiro atoms. The molecule has 4 aromatic rings. The Morgan fingerprint density at radius 2 is 1.80 bits per heavy atom. The molecule has 150 valence electrons. The topological polar surface area (TPSA) is 70.6 Å². The fraction of sp³-hybridized carbons (Fsp3) is 0.182. The molecule has 0 aliphatic carbocycles. The average Bonchev–Trinajstić information content (AvgIpc) is 3.21. The number of nitrogens with zero attached hydrogens (tertiary/aromatic N) is 5. The monoisotopic (exact) mass is 404 g/mol. The number of nitrogens with one attached hydrogen (secondary N) is 1. The number of aromatic amines is 1. The molecule has 30 heavy (non-hydrogen) atoms. The van der Waals surface area contributed by atoms with Gasteiger partial charge in [-0.25, -0.2) is 18.7 Å². The first kappa shape index (κ1) is 18.5. The van der Waals surface area contributed by atoms with E-state index < -0.39 is 11.6 Å². The van der Waals surface area contributed by atoms with E-state index in [-0.39, 0.29) is 0 Å². The van der Waals surface area contributed by atoms with Crippen molar-refractivity contribution in [1.29, 1.82) is 0 Å². The summed E-state index contributed by atoms with van der Waals surface area (Å²) in [5, 5.41) is 6.96. The lowest BCUT2D eigenvalue weighted by molar-refractivity contribution is 0.243. The minimum absolute atomic E-state index is 0.447. The van der Waals surface area contributed by atoms with Crippen LogP contribution in [-0.4, -0.2) is 36.6 Å². The van der Waals surface area contributed by atoms with Crippen LogP contribution in [0.15, 0.2) is 55.1 Å². The number of pyridine rings is 1. The van der Waals surface area contributed by atoms with E-state index in [1.807, 2.05) is 18.3 Å². The van der Waals surface area contributed by atoms with Crippen molar-refractivity contribution in [3.05, 3.63) is 83.6 Å². The third kappa shape index (κ3) is 3.69. The molecule has 0 bridgehead atoms. The van der Waals surface area contributed by atoms with Gasteiger partial charge in [-0.15, -0.1) is 0 Å². The van der Waals surface area contributed by atoms with E-state index in [1.54, 1.807) is 18.6 Å². The molecule has 1 aliphatic rings. The summed E-state index contributed by atoms with van der Waals surface area (Å²) < 4.78 is 27.3. The van der Waals surface area contributed by atoms with Crippen LogP contribution in [0.5, 0.6) is 0 Å². The number of hydrogen-bond donors (Lipinski definition) is 1. The van der Waals surface area contributed by atoms with E-state index in [9.17, 15) is 8.78 Å². The molecule has 0 atom stereocenters. The van der Waals surface area contributed by atoms with Gasteiger partial charge in [0.1, 0.15) is 11.6 Å². The van der Waals surface area contributed by atoms with Crippen LogP contribution in [0.3, 0.4) is 0 Å². The van der Waals surface area contributed by atoms with E-state index in [1.165, 1.54) is 12.1 Å². The minimum Gasteiger partial charge on any atom is -0.294 e. The summed E-state index contributed by atoms with van der Waals surface area (Å²) >= 11 is 0. The van der Waals surface area contributed by atoms with Crippen molar-refractivity contribution in [2.75, 3.05) is 6.54 Å². The van der Waals surface area contributed by atoms with Crippen LogP contribution in [0, 0.1) is 11.6 Å². The lowest BCUT2D eigenvalue weighted by atomic mass is 10.0. The van der Waals surface area contributed by atoms with Crippen molar-refractivity contribution in [2.45, 2.75) is 19.5 Å². The van der Waals surface area contributed by atoms with Crippen LogP contribution >= 0.6 is 0 Å². The predicted molar refractivity (Wildman–Crippen MR) is 107 cm³/mol. The molecule has 1 N–H and O–H groups in total. The molecule has 8 heteroatoms. The summed E-state index contributed by atoms with van der Waals surface area (Å²) in [7, 11) is 0. The maximum Gasteiger partial charge on any atom is 0.159 e. The Bertz CT molecular complexity index is 1170. The maximum absolute atomic E-state index is 13.6. The number of hydrogen-bond acceptors (Lipinski definition) is 5. The standard InChI is InChI=1S/C22H18F2N6/c23-18-7-15(8-19(24)9-18)21-17(11-27-29-21)13-30-6-3-20-16(12-30)10-26-22(28-20)14-1-4-25-5-2-14/h1-2,4-5,7-11H,3,6,12-13H2,(H,27,29). The Hall–Kier alpha value is -3.52. The van der Waals surface area contributed by atoms with Gasteiger partial charge >= 0.3 is 0 Å². The number of H-pyrrole nitrogens is 1. The van der Waals surface area contributed by atoms with Crippen LogP contribution in [-0.2, 0) is 19.5 Å². The lowest BCUT2D eigenvalue weighted by Gasteiger charge is -2.28. The molecule has 5 rings (SSSR count). The van der Waals surface area contributed by atoms with Gasteiger partial charge in [-0.2, -0.15) is 5.10 Å². The largest absolute Gasteiger partial charge is 0.294 e. The van der Waals surface area contributed by atoms with Crippen LogP contribution in [0.2, 0.25) is 0 Å². The number of benzene rings is 1. The predicted octanol–water partition coefficient (Wildman–Crippen LogP) is 3.77. The highest BCUT2D eigenvalue weighted by molar-refractivity contribution is 5.62. The first-order valence-electron chi connectivity index (χ1n) is 9.62. The van der Waals surface area contributed by atoms with Gasteiger partial charge in [-0.3, -0.25) is 15.0 Å². The molecule has 0 radical (unpaired) electrons. The third-order valence-electron chi connectivity index (χ3n) is 5.21. The highest BCUT2D eigenvalue weighted by atomic mass is 19.1. The molecule has 0 saturated heterocycles. The summed E-state index contributed by atoms with van der Waals surface area (Å²) in [4.78, 5) is 15.5. The van der Waals surface area contributed by atoms with Crippen LogP contribution in [0.1, 0.15) is 16.8 Å². The highest BCUT2D eigenvalue weighted by Gasteiger charge is 2.21. The minimum atomic E-state index is -0.611. The Balaban J connectivity index is 1.35. The van der Waals surface area contributed by atoms with E-state index >= 15 is 0 Å². The van der Waals surface area contributed by atoms with Gasteiger partial charge in [0.25, 0.3) is 0 Å². The smallest absolute Gasteiger partial charge is 0.159 e. The van der Waals surface area contributed by atoms with Crippen molar-refractivity contribution in [3.8, 4) is 22.6 Å². The molecule has 0 saturated carbocycles. The van der Waals surface area contributed by atoms with E-state index in [4.69, 9.17) is 4.98 Å². The second-order valence-electron chi connectivity index (χ2n) is 7.29. The zero-order valence-electron chi connectivity index (χ0n) is 16.0. The van der Waals surface area contributed by atoms with Crippen molar-refractivity contribution >= 4 is 0 Å². The average molecular weight is 404 g/mol. The number of aromatic nitrogens is 5. The van der Waals surface area contributed by atoms with Crippen LogP contribution in [0.25, 0.3) is 22.6 Å². The van der Waals surface area contributed by atoms with Crippen molar-refractivity contribution in [3.63, 3.8) is 0 Å². The second-order valence-corrected chi connectivity index (χ2v) is 7.29. The number of rotatable bonds is 4. The Kier molecular flexibility index (Phi) is 4.76. The van der Waals surface area contributed by atoms with Crippen molar-refractivity contribution < 1.29 is 8.78 Å². The molecule has 6 nitrogen and oxygen atoms in total. The first-order valence-corrected chi connectivity index (χ1v) is 9.62. The summed E-state index contributed by atoms with van der Waals surface area (Å²) in [6, 6.07) is 7.26. The Labute approximate surface area is 171 Å². The summed E-state index contributed by atoms with van der Waals surface area (Å²) in [6.07, 6.45) is 7.84. The van der Waals surface area contributed by atoms with Gasteiger partial charge in [0.05, 0.1) is 17.6 Å². The van der Waals surface area contributed by atoms with Gasteiger partial charge in [0.15, 0.2) is 5.82 Å². The van der Waals surface area contributed by atoms with Gasteiger partial charge in [-0.05, 0) is 24.3 Å². The molecule has 0 amide bonds. The zero-order valence-corrected chi connectivity index (χ0v) is 16.0. The molecular weight excluding hydrogens is 386 g/mol. The molecule has 4 heterocycles. The van der Waals surface area contributed by atoms with Crippen molar-refractivity contribution in [1.82, 2.24) is 30.0 Å². The maximum atomic E-state index is 13.6. The summed E-state index contributed by atoms with van der Waals surface area (Å²) in [5.74, 6) is -0.519. The number of fused-ring (bicyclic) bond motifs is 1. The fourth-order valence-electron chi connectivity index (χ4n) is 3.77. The third-order valence-corrected chi connectivity index (χ3v) is 5.21. The highest BCUT2D eigenvalue weighted by Crippen LogP contribution is 2.26. The van der Waals surface area contributed by atoms with E-state index in [2.05, 4.69) is 25.1 Å². The van der Waals surface area contributed by atoms with Crippen LogP contribution in [0.4, 0.5) is 8.78 Å². The second kappa shape index (κ2) is 7.72. The van der Waals surface area contributed by atoms with E-state index in [0.717, 1.165) is 41.4 Å². The van der Waals surface area contributed by atoms with Gasteiger partial charge < -0.3 is 0 Å². The molecule has 0 unspecified atom stereocenters. The summed E-state index contributed by atoms with van der Waals surface area (Å²) in [6.45, 7) is 2.13. The first-order chi connectivity index (χ1) is 14.7. The van der Waals surface area contributed by atoms with Gasteiger partial charge in [0, 0.05) is 73.0 Å². The normalized spacial score (nSPS) is 13.9. The zero-order chi connectivity index (χ0) is 20.5. The summed E-state index contributed by atoms with van der Waals surface area (Å²) in [5.41, 5.74) is 5.04. The van der Waals surface area contributed by atoms with Crippen molar-refractivity contribution in [2.24, 2.45) is 0 Å². The van der Waals surface area contributed by atoms with Gasteiger partial charge in [-0.1, -0.05) is 0 Å². The van der Waals surface area contributed by atoms with Crippen LogP contribution < -0.4 is 0 Å². The Morgan fingerprint density at radius 1 is 1.00 bits per heavy atom.